The van der Waals surface area contributed by atoms with Crippen molar-refractivity contribution in [3.63, 3.8) is 0 Å². The molecule has 0 aromatic heterocycles. The molecular formula is C16H32N2O2. The zero-order chi connectivity index (χ0) is 15.4. The van der Waals surface area contributed by atoms with E-state index in [1.54, 1.807) is 0 Å². The highest BCUT2D eigenvalue weighted by Crippen LogP contribution is 2.03. The molecule has 0 aliphatic carbocycles. The fraction of sp³-hybridized carbons (Fsp3) is 0.812. The molecule has 0 amide bonds. The van der Waals surface area contributed by atoms with Crippen LogP contribution in [0.5, 0.6) is 0 Å². The van der Waals surface area contributed by atoms with Gasteiger partial charge in [-0.25, -0.2) is 4.79 Å². The minimum absolute atomic E-state index is 0.219. The minimum atomic E-state index is -0.219. The monoisotopic (exact) mass is 284 g/mol. The zero-order valence-electron chi connectivity index (χ0n) is 13.9. The van der Waals surface area contributed by atoms with Crippen molar-refractivity contribution in [3.05, 3.63) is 11.6 Å². The average Bonchev–Trinajstić information content (AvgIpc) is 2.47. The smallest absolute Gasteiger partial charge is 0.333 e. The summed E-state index contributed by atoms with van der Waals surface area (Å²) in [5.74, 6) is -0.219. The van der Waals surface area contributed by atoms with Crippen LogP contribution >= 0.6 is 0 Å². The first-order valence-electron chi connectivity index (χ1n) is 7.81. The Labute approximate surface area is 124 Å². The van der Waals surface area contributed by atoms with E-state index in [-0.39, 0.29) is 5.97 Å². The Bertz CT molecular complexity index is 286. The van der Waals surface area contributed by atoms with Gasteiger partial charge in [0.05, 0.1) is 7.11 Å². The van der Waals surface area contributed by atoms with Crippen LogP contribution in [0.3, 0.4) is 0 Å². The normalized spacial score (nSPS) is 13.6. The van der Waals surface area contributed by atoms with Gasteiger partial charge in [0, 0.05) is 18.2 Å². The molecule has 1 atom stereocenters. The fourth-order valence-electron chi connectivity index (χ4n) is 2.15. The van der Waals surface area contributed by atoms with Gasteiger partial charge in [0.2, 0.25) is 0 Å². The van der Waals surface area contributed by atoms with Crippen LogP contribution in [0.15, 0.2) is 11.6 Å². The summed E-state index contributed by atoms with van der Waals surface area (Å²) in [6, 6.07) is 0.470. The summed E-state index contributed by atoms with van der Waals surface area (Å²) >= 11 is 0. The molecule has 0 aromatic carbocycles. The van der Waals surface area contributed by atoms with Crippen LogP contribution in [-0.2, 0) is 9.53 Å². The largest absolute Gasteiger partial charge is 0.466 e. The van der Waals surface area contributed by atoms with Crippen LogP contribution in [0.4, 0.5) is 0 Å². The van der Waals surface area contributed by atoms with Gasteiger partial charge in [-0.1, -0.05) is 26.8 Å². The Morgan fingerprint density at radius 1 is 1.30 bits per heavy atom. The third-order valence-electron chi connectivity index (χ3n) is 3.65. The number of nitrogens with zero attached hydrogens (tertiary/aromatic N) is 1. The van der Waals surface area contributed by atoms with Crippen molar-refractivity contribution in [1.29, 1.82) is 0 Å². The number of hydrogen-bond acceptors (Lipinski definition) is 4. The van der Waals surface area contributed by atoms with E-state index < -0.39 is 0 Å². The average molecular weight is 284 g/mol. The van der Waals surface area contributed by atoms with Crippen LogP contribution in [-0.4, -0.2) is 50.2 Å². The Hall–Kier alpha value is -0.870. The maximum Gasteiger partial charge on any atom is 0.333 e. The summed E-state index contributed by atoms with van der Waals surface area (Å²) in [5.41, 5.74) is 0.746. The number of nitrogens with one attached hydrogen (secondary N) is 1. The van der Waals surface area contributed by atoms with Gasteiger partial charge in [0.15, 0.2) is 0 Å². The maximum absolute atomic E-state index is 11.4. The Kier molecular flexibility index (Phi) is 11.4. The van der Waals surface area contributed by atoms with E-state index >= 15 is 0 Å². The Balaban J connectivity index is 3.90. The quantitative estimate of drug-likeness (QED) is 0.468. The summed E-state index contributed by atoms with van der Waals surface area (Å²) in [4.78, 5) is 13.9. The molecule has 0 aliphatic heterocycles. The lowest BCUT2D eigenvalue weighted by Gasteiger charge is -2.19. The predicted octanol–water partition coefficient (Wildman–Crippen LogP) is 2.60. The van der Waals surface area contributed by atoms with Crippen molar-refractivity contribution in [2.24, 2.45) is 0 Å². The SMILES string of the molecule is CC/C(=C/CNC(C)CCCN(CC)CC)C(=O)OC. The molecule has 118 valence electrons. The highest BCUT2D eigenvalue weighted by molar-refractivity contribution is 5.88. The third-order valence-corrected chi connectivity index (χ3v) is 3.65. The topological polar surface area (TPSA) is 41.6 Å². The molecule has 0 bridgehead atoms. The van der Waals surface area contributed by atoms with Crippen LogP contribution in [0, 0.1) is 0 Å². The van der Waals surface area contributed by atoms with E-state index in [9.17, 15) is 4.79 Å². The summed E-state index contributed by atoms with van der Waals surface area (Å²) < 4.78 is 4.74. The number of rotatable bonds is 11. The van der Waals surface area contributed by atoms with Gasteiger partial charge >= 0.3 is 5.97 Å². The van der Waals surface area contributed by atoms with Crippen molar-refractivity contribution in [3.8, 4) is 0 Å². The molecule has 0 saturated carbocycles. The fourth-order valence-corrected chi connectivity index (χ4v) is 2.15. The first-order chi connectivity index (χ1) is 9.58. The molecule has 0 radical (unpaired) electrons. The van der Waals surface area contributed by atoms with E-state index in [0.29, 0.717) is 12.5 Å². The highest BCUT2D eigenvalue weighted by Gasteiger charge is 2.07. The molecule has 0 spiro atoms. The number of ether oxygens (including phenoxy) is 1. The van der Waals surface area contributed by atoms with Gasteiger partial charge in [0.1, 0.15) is 0 Å². The van der Waals surface area contributed by atoms with Crippen LogP contribution < -0.4 is 5.32 Å². The molecule has 4 heteroatoms. The van der Waals surface area contributed by atoms with Crippen molar-refractivity contribution in [1.82, 2.24) is 10.2 Å². The lowest BCUT2D eigenvalue weighted by molar-refractivity contribution is -0.136. The number of esters is 1. The molecule has 0 saturated heterocycles. The molecule has 4 nitrogen and oxygen atoms in total. The summed E-state index contributed by atoms with van der Waals surface area (Å²) in [5, 5.41) is 3.43. The molecule has 0 fully saturated rings. The van der Waals surface area contributed by atoms with E-state index in [0.717, 1.165) is 38.2 Å². The second kappa shape index (κ2) is 11.9. The third kappa shape index (κ3) is 8.33. The van der Waals surface area contributed by atoms with Gasteiger partial charge in [-0.15, -0.1) is 0 Å². The molecule has 0 aliphatic rings. The molecule has 0 aromatic rings. The van der Waals surface area contributed by atoms with E-state index in [1.165, 1.54) is 13.5 Å². The van der Waals surface area contributed by atoms with Crippen molar-refractivity contribution < 1.29 is 9.53 Å². The molecular weight excluding hydrogens is 252 g/mol. The predicted molar refractivity (Wildman–Crippen MR) is 84.9 cm³/mol. The zero-order valence-corrected chi connectivity index (χ0v) is 13.9. The van der Waals surface area contributed by atoms with E-state index in [1.807, 2.05) is 13.0 Å². The van der Waals surface area contributed by atoms with Crippen molar-refractivity contribution in [2.45, 2.75) is 53.0 Å². The Morgan fingerprint density at radius 3 is 2.45 bits per heavy atom. The van der Waals surface area contributed by atoms with Gasteiger partial charge in [-0.05, 0) is 45.8 Å². The Morgan fingerprint density at radius 2 is 1.95 bits per heavy atom. The maximum atomic E-state index is 11.4. The summed E-state index contributed by atoms with van der Waals surface area (Å²) in [7, 11) is 1.43. The first kappa shape index (κ1) is 19.1. The number of hydrogen-bond donors (Lipinski definition) is 1. The van der Waals surface area contributed by atoms with Gasteiger partial charge in [-0.2, -0.15) is 0 Å². The minimum Gasteiger partial charge on any atom is -0.466 e. The standard InChI is InChI=1S/C16H32N2O2/c1-6-15(16(19)20-5)11-12-17-14(4)10-9-13-18(7-2)8-3/h11,14,17H,6-10,12-13H2,1-5H3/b15-11-. The van der Waals surface area contributed by atoms with Crippen molar-refractivity contribution in [2.75, 3.05) is 33.3 Å². The van der Waals surface area contributed by atoms with Crippen molar-refractivity contribution >= 4 is 5.97 Å². The molecule has 1 unspecified atom stereocenters. The summed E-state index contributed by atoms with van der Waals surface area (Å²) in [6.45, 7) is 12.7. The van der Waals surface area contributed by atoms with E-state index in [2.05, 4.69) is 31.0 Å². The summed E-state index contributed by atoms with van der Waals surface area (Å²) in [6.07, 6.45) is 5.01. The molecule has 0 rings (SSSR count). The lowest BCUT2D eigenvalue weighted by Crippen LogP contribution is -2.29. The number of carbonyl (C=O) groups excluding carboxylic acids is 1. The molecule has 0 heterocycles. The second-order valence-electron chi connectivity index (χ2n) is 5.05. The van der Waals surface area contributed by atoms with Gasteiger partial charge in [-0.3, -0.25) is 0 Å². The van der Waals surface area contributed by atoms with Crippen LogP contribution in [0.1, 0.15) is 47.0 Å². The highest BCUT2D eigenvalue weighted by atomic mass is 16.5. The van der Waals surface area contributed by atoms with E-state index in [4.69, 9.17) is 4.74 Å². The van der Waals surface area contributed by atoms with Gasteiger partial charge in [0.25, 0.3) is 0 Å². The van der Waals surface area contributed by atoms with Crippen LogP contribution in [0.2, 0.25) is 0 Å². The number of carbonyl (C=O) groups is 1. The first-order valence-corrected chi connectivity index (χ1v) is 7.81. The lowest BCUT2D eigenvalue weighted by atomic mass is 10.1. The second-order valence-corrected chi connectivity index (χ2v) is 5.05. The van der Waals surface area contributed by atoms with Crippen LogP contribution in [0.25, 0.3) is 0 Å². The molecule has 20 heavy (non-hydrogen) atoms. The van der Waals surface area contributed by atoms with Gasteiger partial charge < -0.3 is 15.0 Å². The molecule has 1 N–H and O–H groups in total. The number of methoxy groups -OCH3 is 1.